The molecule has 1 aliphatic heterocycles. The third-order valence-electron chi connectivity index (χ3n) is 4.35. The van der Waals surface area contributed by atoms with E-state index in [0.29, 0.717) is 41.5 Å². The van der Waals surface area contributed by atoms with E-state index in [1.165, 1.54) is 19.2 Å². The van der Waals surface area contributed by atoms with Gasteiger partial charge in [-0.25, -0.2) is 4.39 Å². The Labute approximate surface area is 155 Å². The van der Waals surface area contributed by atoms with Gasteiger partial charge in [0.15, 0.2) is 5.75 Å². The van der Waals surface area contributed by atoms with Crippen LogP contribution in [0.25, 0.3) is 0 Å². The summed E-state index contributed by atoms with van der Waals surface area (Å²) in [6, 6.07) is 6.17. The predicted octanol–water partition coefficient (Wildman–Crippen LogP) is 2.86. The van der Waals surface area contributed by atoms with E-state index in [1.807, 2.05) is 6.92 Å². The summed E-state index contributed by atoms with van der Waals surface area (Å²) >= 11 is 6.41. The number of halogens is 2. The highest BCUT2D eigenvalue weighted by Crippen LogP contribution is 2.36. The molecule has 3 rings (SSSR count). The number of benzene rings is 2. The summed E-state index contributed by atoms with van der Waals surface area (Å²) in [7, 11) is 1.45. The number of ether oxygens (including phenoxy) is 1. The minimum Gasteiger partial charge on any atom is -0.489 e. The number of nitrogens with one attached hydrogen (secondary N) is 2. The summed E-state index contributed by atoms with van der Waals surface area (Å²) < 4.78 is 19.8. The fourth-order valence-electron chi connectivity index (χ4n) is 2.89. The molecule has 0 aliphatic carbocycles. The van der Waals surface area contributed by atoms with E-state index in [4.69, 9.17) is 16.3 Å². The maximum absolute atomic E-state index is 14.2. The molecule has 2 aromatic rings. The van der Waals surface area contributed by atoms with Gasteiger partial charge >= 0.3 is 0 Å². The zero-order chi connectivity index (χ0) is 18.8. The molecule has 5 nitrogen and oxygen atoms in total. The van der Waals surface area contributed by atoms with Crippen LogP contribution in [0, 0.1) is 12.7 Å². The van der Waals surface area contributed by atoms with Crippen LogP contribution in [0.2, 0.25) is 5.02 Å². The number of hydrogen-bond donors (Lipinski definition) is 2. The molecule has 0 radical (unpaired) electrons. The van der Waals surface area contributed by atoms with Crippen LogP contribution >= 0.6 is 11.6 Å². The molecule has 0 bridgehead atoms. The molecular weight excluding hydrogens is 359 g/mol. The molecule has 7 heteroatoms. The number of rotatable bonds is 3. The zero-order valence-electron chi connectivity index (χ0n) is 14.4. The fourth-order valence-corrected chi connectivity index (χ4v) is 3.17. The Balaban J connectivity index is 1.98. The van der Waals surface area contributed by atoms with E-state index in [9.17, 15) is 14.0 Å². The lowest BCUT2D eigenvalue weighted by molar-refractivity contribution is 0.0949. The number of hydrogen-bond acceptors (Lipinski definition) is 3. The average molecular weight is 377 g/mol. The molecule has 136 valence electrons. The first kappa shape index (κ1) is 18.2. The first-order valence-electron chi connectivity index (χ1n) is 8.16. The zero-order valence-corrected chi connectivity index (χ0v) is 15.2. The second-order valence-corrected chi connectivity index (χ2v) is 6.40. The fraction of sp³-hybridized carbons (Fsp3) is 0.263. The number of carbonyl (C=O) groups is 2. The van der Waals surface area contributed by atoms with Crippen molar-refractivity contribution in [2.75, 3.05) is 20.2 Å². The lowest BCUT2D eigenvalue weighted by atomic mass is 9.96. The maximum Gasteiger partial charge on any atom is 0.255 e. The predicted molar refractivity (Wildman–Crippen MR) is 96.6 cm³/mol. The van der Waals surface area contributed by atoms with Crippen LogP contribution in [0.5, 0.6) is 5.75 Å². The first-order chi connectivity index (χ1) is 12.4. The van der Waals surface area contributed by atoms with Crippen LogP contribution in [0.3, 0.4) is 0 Å². The molecule has 2 aromatic carbocycles. The van der Waals surface area contributed by atoms with E-state index < -0.39 is 11.7 Å². The highest BCUT2D eigenvalue weighted by Gasteiger charge is 2.23. The van der Waals surface area contributed by atoms with Crippen molar-refractivity contribution in [1.29, 1.82) is 0 Å². The standard InChI is InChI=1S/C19H18ClFN2O3/c1-10-12(7-11-3-4-13(15(21)8-11)18(24)22-2)9-14-17(16(10)20)26-6-5-23-19(14)25/h3-4,8-9H,5-7H2,1-2H3,(H,22,24)(H,23,25). The summed E-state index contributed by atoms with van der Waals surface area (Å²) in [5.41, 5.74) is 2.60. The molecule has 0 saturated heterocycles. The third kappa shape index (κ3) is 3.37. The van der Waals surface area contributed by atoms with E-state index in [2.05, 4.69) is 10.6 Å². The smallest absolute Gasteiger partial charge is 0.255 e. The molecule has 1 aliphatic rings. The molecule has 0 saturated carbocycles. The Bertz CT molecular complexity index is 899. The van der Waals surface area contributed by atoms with Gasteiger partial charge in [0.1, 0.15) is 12.4 Å². The number of fused-ring (bicyclic) bond motifs is 1. The van der Waals surface area contributed by atoms with Crippen molar-refractivity contribution in [2.24, 2.45) is 0 Å². The van der Waals surface area contributed by atoms with Crippen molar-refractivity contribution in [3.05, 3.63) is 62.9 Å². The lowest BCUT2D eigenvalue weighted by Crippen LogP contribution is -2.24. The highest BCUT2D eigenvalue weighted by molar-refractivity contribution is 6.33. The van der Waals surface area contributed by atoms with Crippen LogP contribution in [0.1, 0.15) is 37.4 Å². The molecule has 0 unspecified atom stereocenters. The van der Waals surface area contributed by atoms with Crippen LogP contribution in [0.4, 0.5) is 4.39 Å². The molecule has 2 N–H and O–H groups in total. The molecule has 0 atom stereocenters. The Morgan fingerprint density at radius 2 is 2.15 bits per heavy atom. The van der Waals surface area contributed by atoms with Gasteiger partial charge in [-0.3, -0.25) is 9.59 Å². The van der Waals surface area contributed by atoms with Gasteiger partial charge in [0.2, 0.25) is 0 Å². The summed E-state index contributed by atoms with van der Waals surface area (Å²) in [5.74, 6) is -0.945. The Hall–Kier alpha value is -2.60. The molecule has 0 fully saturated rings. The monoisotopic (exact) mass is 376 g/mol. The normalized spacial score (nSPS) is 13.3. The van der Waals surface area contributed by atoms with Crippen molar-refractivity contribution in [1.82, 2.24) is 10.6 Å². The van der Waals surface area contributed by atoms with Gasteiger partial charge in [0.05, 0.1) is 22.7 Å². The van der Waals surface area contributed by atoms with Crippen LogP contribution < -0.4 is 15.4 Å². The molecule has 0 aromatic heterocycles. The van der Waals surface area contributed by atoms with Gasteiger partial charge in [-0.1, -0.05) is 17.7 Å². The Morgan fingerprint density at radius 1 is 1.38 bits per heavy atom. The molecule has 26 heavy (non-hydrogen) atoms. The van der Waals surface area contributed by atoms with Gasteiger partial charge < -0.3 is 15.4 Å². The minimum absolute atomic E-state index is 0.0132. The quantitative estimate of drug-likeness (QED) is 0.865. The topological polar surface area (TPSA) is 67.4 Å². The highest BCUT2D eigenvalue weighted by atomic mass is 35.5. The summed E-state index contributed by atoms with van der Waals surface area (Å²) in [5, 5.41) is 5.53. The SMILES string of the molecule is CNC(=O)c1ccc(Cc2cc3c(c(Cl)c2C)OCCNC3=O)cc1F. The van der Waals surface area contributed by atoms with Gasteiger partial charge in [0.25, 0.3) is 11.8 Å². The summed E-state index contributed by atoms with van der Waals surface area (Å²) in [6.07, 6.45) is 0.372. The average Bonchev–Trinajstić information content (AvgIpc) is 2.81. The minimum atomic E-state index is -0.596. The maximum atomic E-state index is 14.2. The molecule has 2 amide bonds. The summed E-state index contributed by atoms with van der Waals surface area (Å²) in [4.78, 5) is 23.8. The van der Waals surface area contributed by atoms with Crippen LogP contribution in [0.15, 0.2) is 24.3 Å². The van der Waals surface area contributed by atoms with Crippen molar-refractivity contribution in [3.8, 4) is 5.75 Å². The van der Waals surface area contributed by atoms with Crippen molar-refractivity contribution >= 4 is 23.4 Å². The number of carbonyl (C=O) groups excluding carboxylic acids is 2. The van der Waals surface area contributed by atoms with Gasteiger partial charge in [-0.2, -0.15) is 0 Å². The van der Waals surface area contributed by atoms with Crippen molar-refractivity contribution in [2.45, 2.75) is 13.3 Å². The second kappa shape index (κ2) is 7.33. The van der Waals surface area contributed by atoms with Gasteiger partial charge in [-0.15, -0.1) is 0 Å². The van der Waals surface area contributed by atoms with Gasteiger partial charge in [0, 0.05) is 7.05 Å². The van der Waals surface area contributed by atoms with E-state index in [1.54, 1.807) is 12.1 Å². The third-order valence-corrected chi connectivity index (χ3v) is 4.81. The van der Waals surface area contributed by atoms with Crippen molar-refractivity contribution < 1.29 is 18.7 Å². The first-order valence-corrected chi connectivity index (χ1v) is 8.53. The molecule has 1 heterocycles. The van der Waals surface area contributed by atoms with Crippen LogP contribution in [-0.2, 0) is 6.42 Å². The second-order valence-electron chi connectivity index (χ2n) is 6.03. The van der Waals surface area contributed by atoms with Crippen molar-refractivity contribution in [3.63, 3.8) is 0 Å². The lowest BCUT2D eigenvalue weighted by Gasteiger charge is -2.15. The number of amides is 2. The van der Waals surface area contributed by atoms with E-state index in [-0.39, 0.29) is 11.5 Å². The largest absolute Gasteiger partial charge is 0.489 e. The Morgan fingerprint density at radius 3 is 2.85 bits per heavy atom. The molecular formula is C19H18ClFN2O3. The molecule has 0 spiro atoms. The van der Waals surface area contributed by atoms with E-state index in [0.717, 1.165) is 11.1 Å². The summed E-state index contributed by atoms with van der Waals surface area (Å²) in [6.45, 7) is 2.59. The van der Waals surface area contributed by atoms with E-state index >= 15 is 0 Å². The van der Waals surface area contributed by atoms with Crippen LogP contribution in [-0.4, -0.2) is 32.0 Å². The Kier molecular flexibility index (Phi) is 5.13. The van der Waals surface area contributed by atoms with Gasteiger partial charge in [-0.05, 0) is 48.2 Å².